The number of ether oxygens (including phenoxy) is 1. The molecular weight excluding hydrogens is 532 g/mol. The molecule has 4 aromatic rings. The van der Waals surface area contributed by atoms with Gasteiger partial charge in [-0.3, -0.25) is 9.59 Å². The third-order valence-corrected chi connectivity index (χ3v) is 6.75. The molecule has 202 valence electrons. The molecule has 9 nitrogen and oxygen atoms in total. The van der Waals surface area contributed by atoms with E-state index in [-0.39, 0.29) is 17.0 Å². The molecule has 40 heavy (non-hydrogen) atoms. The van der Waals surface area contributed by atoms with Gasteiger partial charge < -0.3 is 25.6 Å². The van der Waals surface area contributed by atoms with Crippen molar-refractivity contribution in [2.24, 2.45) is 0 Å². The van der Waals surface area contributed by atoms with Gasteiger partial charge in [-0.25, -0.2) is 9.59 Å². The number of carbonyl (C=O) groups excluding carboxylic acids is 2. The maximum atomic E-state index is 12.7. The first kappa shape index (κ1) is 27.9. The first-order chi connectivity index (χ1) is 19.2. The van der Waals surface area contributed by atoms with Crippen LogP contribution in [0.5, 0.6) is 11.5 Å². The number of amides is 2. The highest BCUT2D eigenvalue weighted by Crippen LogP contribution is 2.27. The highest BCUT2D eigenvalue weighted by Gasteiger charge is 2.20. The second kappa shape index (κ2) is 12.6. The number of rotatable bonds is 10. The van der Waals surface area contributed by atoms with Gasteiger partial charge in [-0.05, 0) is 85.8 Å². The monoisotopic (exact) mass is 556 g/mol. The number of anilines is 2. The zero-order valence-corrected chi connectivity index (χ0v) is 22.0. The molecule has 0 aliphatic carbocycles. The topological polar surface area (TPSA) is 142 Å². The summed E-state index contributed by atoms with van der Waals surface area (Å²) in [4.78, 5) is 48.8. The fraction of sp³-hybridized carbons (Fsp3) is 0.0667. The van der Waals surface area contributed by atoms with Crippen LogP contribution < -0.4 is 15.4 Å². The molecule has 0 spiro atoms. The van der Waals surface area contributed by atoms with E-state index >= 15 is 0 Å². The van der Waals surface area contributed by atoms with Crippen LogP contribution in [0.3, 0.4) is 0 Å². The molecule has 2 amide bonds. The van der Waals surface area contributed by atoms with Crippen molar-refractivity contribution in [1.82, 2.24) is 0 Å². The summed E-state index contributed by atoms with van der Waals surface area (Å²) in [6.45, 7) is 1.77. The molecule has 0 heterocycles. The van der Waals surface area contributed by atoms with Crippen LogP contribution in [0.2, 0.25) is 0 Å². The predicted molar refractivity (Wildman–Crippen MR) is 152 cm³/mol. The van der Waals surface area contributed by atoms with Crippen LogP contribution in [0.25, 0.3) is 0 Å². The minimum atomic E-state index is -1.41. The molecule has 0 aromatic heterocycles. The number of carboxylic acids is 2. The van der Waals surface area contributed by atoms with Gasteiger partial charge in [0.05, 0.1) is 21.9 Å². The maximum absolute atomic E-state index is 12.7. The third-order valence-electron chi connectivity index (χ3n) is 5.64. The van der Waals surface area contributed by atoms with Crippen molar-refractivity contribution in [2.75, 3.05) is 10.6 Å². The number of carbonyl (C=O) groups is 4. The largest absolute Gasteiger partial charge is 0.478 e. The molecule has 0 aliphatic rings. The fourth-order valence-electron chi connectivity index (χ4n) is 3.60. The minimum absolute atomic E-state index is 0.166. The van der Waals surface area contributed by atoms with Crippen molar-refractivity contribution in [1.29, 1.82) is 0 Å². The standard InChI is InChI=1S/C30H24N2O7S/c1-18(27(33)31-20-8-12-23(13-9-20)39-22-5-3-2-4-6-22)40-24-14-10-21(11-15-24)32-28(34)25-16-7-19(29(35)36)17-26(25)30(37)38/h2-18H,1H3,(H,31,33)(H,32,34)(H,35,36)(H,37,38). The molecule has 4 rings (SSSR count). The van der Waals surface area contributed by atoms with Crippen LogP contribution in [0, 0.1) is 0 Å². The normalized spacial score (nSPS) is 11.2. The number of hydrogen-bond acceptors (Lipinski definition) is 6. The second-order valence-corrected chi connectivity index (χ2v) is 9.95. The van der Waals surface area contributed by atoms with Gasteiger partial charge in [-0.2, -0.15) is 0 Å². The number of benzene rings is 4. The lowest BCUT2D eigenvalue weighted by Gasteiger charge is -2.13. The second-order valence-electron chi connectivity index (χ2n) is 8.54. The Hall–Kier alpha value is -5.09. The van der Waals surface area contributed by atoms with Gasteiger partial charge in [0.1, 0.15) is 11.5 Å². The quantitative estimate of drug-likeness (QED) is 0.168. The Morgan fingerprint density at radius 2 is 1.30 bits per heavy atom. The molecule has 0 radical (unpaired) electrons. The Morgan fingerprint density at radius 1 is 0.700 bits per heavy atom. The van der Waals surface area contributed by atoms with Gasteiger partial charge in [0.25, 0.3) is 5.91 Å². The molecule has 10 heteroatoms. The lowest BCUT2D eigenvalue weighted by atomic mass is 10.0. The average Bonchev–Trinajstić information content (AvgIpc) is 2.95. The van der Waals surface area contributed by atoms with E-state index in [1.165, 1.54) is 17.8 Å². The van der Waals surface area contributed by atoms with Crippen molar-refractivity contribution >= 4 is 46.9 Å². The fourth-order valence-corrected chi connectivity index (χ4v) is 4.47. The molecule has 0 saturated carbocycles. The molecule has 0 aliphatic heterocycles. The SMILES string of the molecule is CC(Sc1ccc(NC(=O)c2ccc(C(=O)O)cc2C(=O)O)cc1)C(=O)Nc1ccc(Oc2ccccc2)cc1. The van der Waals surface area contributed by atoms with Crippen LogP contribution in [0.4, 0.5) is 11.4 Å². The Kier molecular flexibility index (Phi) is 8.82. The van der Waals surface area contributed by atoms with Crippen LogP contribution in [0.1, 0.15) is 38.0 Å². The summed E-state index contributed by atoms with van der Waals surface area (Å²) in [6.07, 6.45) is 0. The van der Waals surface area contributed by atoms with E-state index in [1.54, 1.807) is 55.5 Å². The van der Waals surface area contributed by atoms with Gasteiger partial charge in [0.2, 0.25) is 5.91 Å². The number of carboxylic acid groups (broad SMARTS) is 2. The predicted octanol–water partition coefficient (Wildman–Crippen LogP) is 6.25. The van der Waals surface area contributed by atoms with Gasteiger partial charge >= 0.3 is 11.9 Å². The van der Waals surface area contributed by atoms with E-state index in [1.807, 2.05) is 30.3 Å². The van der Waals surface area contributed by atoms with Crippen molar-refractivity contribution in [3.8, 4) is 11.5 Å². The highest BCUT2D eigenvalue weighted by molar-refractivity contribution is 8.00. The summed E-state index contributed by atoms with van der Waals surface area (Å²) in [5.41, 5.74) is 0.224. The average molecular weight is 557 g/mol. The van der Waals surface area contributed by atoms with Crippen molar-refractivity contribution < 1.29 is 34.1 Å². The maximum Gasteiger partial charge on any atom is 0.336 e. The zero-order valence-electron chi connectivity index (χ0n) is 21.2. The molecule has 4 N–H and O–H groups in total. The van der Waals surface area contributed by atoms with Gasteiger partial charge in [0.15, 0.2) is 0 Å². The van der Waals surface area contributed by atoms with E-state index in [4.69, 9.17) is 9.84 Å². The van der Waals surface area contributed by atoms with E-state index in [0.29, 0.717) is 22.9 Å². The number of nitrogens with one attached hydrogen (secondary N) is 2. The number of hydrogen-bond donors (Lipinski definition) is 4. The summed E-state index contributed by atoms with van der Waals surface area (Å²) in [7, 11) is 0. The van der Waals surface area contributed by atoms with Gasteiger partial charge in [-0.1, -0.05) is 18.2 Å². The van der Waals surface area contributed by atoms with Crippen LogP contribution in [-0.4, -0.2) is 39.2 Å². The molecule has 1 atom stereocenters. The lowest BCUT2D eigenvalue weighted by molar-refractivity contribution is -0.115. The van der Waals surface area contributed by atoms with Crippen LogP contribution >= 0.6 is 11.8 Å². The Morgan fingerprint density at radius 3 is 1.93 bits per heavy atom. The number of aromatic carboxylic acids is 2. The van der Waals surface area contributed by atoms with E-state index < -0.39 is 28.7 Å². The molecule has 0 bridgehead atoms. The highest BCUT2D eigenvalue weighted by atomic mass is 32.2. The molecular formula is C30H24N2O7S. The van der Waals surface area contributed by atoms with E-state index in [9.17, 15) is 24.3 Å². The number of thioether (sulfide) groups is 1. The summed E-state index contributed by atoms with van der Waals surface area (Å²) >= 11 is 1.33. The summed E-state index contributed by atoms with van der Waals surface area (Å²) in [5, 5.41) is 23.5. The first-order valence-corrected chi connectivity index (χ1v) is 12.9. The Bertz CT molecular complexity index is 1540. The minimum Gasteiger partial charge on any atom is -0.478 e. The van der Waals surface area contributed by atoms with Gasteiger partial charge in [-0.15, -0.1) is 11.8 Å². The summed E-state index contributed by atoms with van der Waals surface area (Å²) in [6, 6.07) is 26.4. The smallest absolute Gasteiger partial charge is 0.336 e. The number of para-hydroxylation sites is 1. The zero-order chi connectivity index (χ0) is 28.6. The molecule has 0 saturated heterocycles. The third kappa shape index (κ3) is 7.27. The van der Waals surface area contributed by atoms with E-state index in [2.05, 4.69) is 10.6 Å². The lowest BCUT2D eigenvalue weighted by Crippen LogP contribution is -2.22. The van der Waals surface area contributed by atoms with E-state index in [0.717, 1.165) is 17.0 Å². The molecule has 0 fully saturated rings. The van der Waals surface area contributed by atoms with Crippen molar-refractivity contribution in [3.63, 3.8) is 0 Å². The summed E-state index contributed by atoms with van der Waals surface area (Å²) in [5.74, 6) is -2.22. The van der Waals surface area contributed by atoms with Crippen molar-refractivity contribution in [2.45, 2.75) is 17.1 Å². The van der Waals surface area contributed by atoms with Crippen LogP contribution in [-0.2, 0) is 4.79 Å². The van der Waals surface area contributed by atoms with Crippen molar-refractivity contribution in [3.05, 3.63) is 114 Å². The Balaban J connectivity index is 1.32. The molecule has 1 unspecified atom stereocenters. The van der Waals surface area contributed by atoms with Crippen LogP contribution in [0.15, 0.2) is 102 Å². The Labute approximate surface area is 233 Å². The first-order valence-electron chi connectivity index (χ1n) is 12.0. The molecule has 4 aromatic carbocycles. The van der Waals surface area contributed by atoms with Gasteiger partial charge in [0, 0.05) is 16.3 Å². The summed E-state index contributed by atoms with van der Waals surface area (Å²) < 4.78 is 5.76.